The molecule has 0 saturated heterocycles. The van der Waals surface area contributed by atoms with E-state index in [1.54, 1.807) is 4.68 Å². The van der Waals surface area contributed by atoms with Crippen LogP contribution in [0.3, 0.4) is 0 Å². The molecule has 22 heavy (non-hydrogen) atoms. The lowest BCUT2D eigenvalue weighted by Gasteiger charge is -2.12. The molecule has 2 aromatic heterocycles. The maximum atomic E-state index is 10.2. The molecule has 0 fully saturated rings. The van der Waals surface area contributed by atoms with Crippen LogP contribution in [0.1, 0.15) is 5.56 Å². The van der Waals surface area contributed by atoms with Gasteiger partial charge in [-0.2, -0.15) is 5.10 Å². The molecular formula is C15H16BrN5O. The molecule has 1 aromatic carbocycles. The van der Waals surface area contributed by atoms with E-state index in [0.717, 1.165) is 16.6 Å². The van der Waals surface area contributed by atoms with Gasteiger partial charge in [0.15, 0.2) is 5.65 Å². The topological polar surface area (TPSA) is 75.9 Å². The number of nitrogens with one attached hydrogen (secondary N) is 1. The van der Waals surface area contributed by atoms with Gasteiger partial charge in [0.2, 0.25) is 0 Å². The second-order valence-electron chi connectivity index (χ2n) is 5.06. The Hall–Kier alpha value is -1.99. The number of aliphatic hydroxyl groups is 1. The molecule has 114 valence electrons. The molecule has 0 aliphatic heterocycles. The van der Waals surface area contributed by atoms with Gasteiger partial charge >= 0.3 is 0 Å². The molecule has 0 radical (unpaired) electrons. The average Bonchev–Trinajstić information content (AvgIpc) is 2.82. The van der Waals surface area contributed by atoms with Crippen LogP contribution in [0.2, 0.25) is 0 Å². The van der Waals surface area contributed by atoms with Crippen molar-refractivity contribution in [3.8, 4) is 0 Å². The van der Waals surface area contributed by atoms with Crippen molar-refractivity contribution in [1.82, 2.24) is 19.7 Å². The number of aryl methyl sites for hydroxylation is 1. The first kappa shape index (κ1) is 14.9. The monoisotopic (exact) mass is 361 g/mol. The lowest BCUT2D eigenvalue weighted by atomic mass is 10.1. The Labute approximate surface area is 136 Å². The highest BCUT2D eigenvalue weighted by molar-refractivity contribution is 9.10. The maximum absolute atomic E-state index is 10.2. The highest BCUT2D eigenvalue weighted by Crippen LogP contribution is 2.26. The van der Waals surface area contributed by atoms with E-state index in [1.807, 2.05) is 37.4 Å². The lowest BCUT2D eigenvalue weighted by Crippen LogP contribution is -2.22. The summed E-state index contributed by atoms with van der Waals surface area (Å²) in [7, 11) is 1.83. The van der Waals surface area contributed by atoms with Crippen LogP contribution in [0, 0.1) is 0 Å². The first-order valence-electron chi connectivity index (χ1n) is 6.94. The second-order valence-corrected chi connectivity index (χ2v) is 5.81. The fraction of sp³-hybridized carbons (Fsp3) is 0.267. The third-order valence-electron chi connectivity index (χ3n) is 3.40. The predicted octanol–water partition coefficient (Wildman–Crippen LogP) is 2.14. The summed E-state index contributed by atoms with van der Waals surface area (Å²) in [4.78, 5) is 8.46. The van der Waals surface area contributed by atoms with E-state index in [1.165, 1.54) is 6.33 Å². The molecule has 0 saturated carbocycles. The molecule has 0 spiro atoms. The van der Waals surface area contributed by atoms with Gasteiger partial charge in [-0.25, -0.2) is 14.6 Å². The molecule has 0 amide bonds. The number of anilines is 1. The second kappa shape index (κ2) is 6.41. The molecule has 3 rings (SSSR count). The zero-order valence-electron chi connectivity index (χ0n) is 12.1. The van der Waals surface area contributed by atoms with Crippen LogP contribution < -0.4 is 5.32 Å². The van der Waals surface area contributed by atoms with E-state index in [9.17, 15) is 5.11 Å². The van der Waals surface area contributed by atoms with E-state index in [-0.39, 0.29) is 0 Å². The van der Waals surface area contributed by atoms with Crippen LogP contribution in [-0.4, -0.2) is 37.5 Å². The number of rotatable bonds is 5. The Kier molecular flexibility index (Phi) is 4.35. The molecule has 0 bridgehead atoms. The normalized spacial score (nSPS) is 12.5. The minimum absolute atomic E-state index is 0.405. The molecule has 3 aromatic rings. The maximum Gasteiger partial charge on any atom is 0.164 e. The van der Waals surface area contributed by atoms with E-state index in [4.69, 9.17) is 0 Å². The van der Waals surface area contributed by atoms with Crippen LogP contribution >= 0.6 is 15.9 Å². The Morgan fingerprint density at radius 1 is 1.27 bits per heavy atom. The van der Waals surface area contributed by atoms with Crippen LogP contribution in [0.25, 0.3) is 11.0 Å². The standard InChI is InChI=1S/C15H16BrN5O/c1-21-15-12(13(16)20-21)14(18-9-19-15)17-8-11(22)7-10-5-3-2-4-6-10/h2-6,9,11,22H,7-8H2,1H3,(H,17,18,19). The molecule has 2 N–H and O–H groups in total. The zero-order chi connectivity index (χ0) is 15.5. The minimum atomic E-state index is -0.497. The first-order valence-corrected chi connectivity index (χ1v) is 7.73. The Balaban J connectivity index is 1.71. The molecular weight excluding hydrogens is 346 g/mol. The van der Waals surface area contributed by atoms with Crippen molar-refractivity contribution in [3.05, 3.63) is 46.8 Å². The van der Waals surface area contributed by atoms with Crippen LogP contribution in [0.5, 0.6) is 0 Å². The molecule has 0 aliphatic carbocycles. The fourth-order valence-corrected chi connectivity index (χ4v) is 2.95. The van der Waals surface area contributed by atoms with Gasteiger partial charge in [-0.1, -0.05) is 30.3 Å². The number of nitrogens with zero attached hydrogens (tertiary/aromatic N) is 4. The third-order valence-corrected chi connectivity index (χ3v) is 3.95. The summed E-state index contributed by atoms with van der Waals surface area (Å²) in [5.41, 5.74) is 1.84. The fourth-order valence-electron chi connectivity index (χ4n) is 2.35. The molecule has 0 aliphatic rings. The summed E-state index contributed by atoms with van der Waals surface area (Å²) in [6.07, 6.45) is 1.58. The van der Waals surface area contributed by atoms with Crippen molar-refractivity contribution in [2.45, 2.75) is 12.5 Å². The summed E-state index contributed by atoms with van der Waals surface area (Å²) in [5, 5.41) is 18.4. The van der Waals surface area contributed by atoms with Crippen molar-refractivity contribution in [3.63, 3.8) is 0 Å². The van der Waals surface area contributed by atoms with E-state index < -0.39 is 6.10 Å². The van der Waals surface area contributed by atoms with Crippen LogP contribution in [0.15, 0.2) is 41.3 Å². The minimum Gasteiger partial charge on any atom is -0.391 e. The van der Waals surface area contributed by atoms with Crippen LogP contribution in [-0.2, 0) is 13.5 Å². The van der Waals surface area contributed by atoms with Gasteiger partial charge < -0.3 is 10.4 Å². The number of benzene rings is 1. The molecule has 1 atom stereocenters. The van der Waals surface area contributed by atoms with Crippen molar-refractivity contribution >= 4 is 32.8 Å². The number of fused-ring (bicyclic) bond motifs is 1. The number of aliphatic hydroxyl groups excluding tert-OH is 1. The largest absolute Gasteiger partial charge is 0.391 e. The smallest absolute Gasteiger partial charge is 0.164 e. The summed E-state index contributed by atoms with van der Waals surface area (Å²) in [5.74, 6) is 0.664. The molecule has 7 heteroatoms. The Morgan fingerprint density at radius 2 is 2.05 bits per heavy atom. The highest BCUT2D eigenvalue weighted by Gasteiger charge is 2.14. The molecule has 1 unspecified atom stereocenters. The van der Waals surface area contributed by atoms with Gasteiger partial charge in [0, 0.05) is 20.0 Å². The Morgan fingerprint density at radius 3 is 2.82 bits per heavy atom. The van der Waals surface area contributed by atoms with Crippen LogP contribution in [0.4, 0.5) is 5.82 Å². The number of hydrogen-bond donors (Lipinski definition) is 2. The van der Waals surface area contributed by atoms with E-state index >= 15 is 0 Å². The Bertz CT molecular complexity index is 774. The van der Waals surface area contributed by atoms with E-state index in [2.05, 4.69) is 36.3 Å². The summed E-state index contributed by atoms with van der Waals surface area (Å²) < 4.78 is 2.37. The lowest BCUT2D eigenvalue weighted by molar-refractivity contribution is 0.188. The number of halogens is 1. The van der Waals surface area contributed by atoms with E-state index in [0.29, 0.717) is 23.4 Å². The number of hydrogen-bond acceptors (Lipinski definition) is 5. The SMILES string of the molecule is Cn1nc(Br)c2c(NCC(O)Cc3ccccc3)ncnc21. The van der Waals surface area contributed by atoms with Crippen molar-refractivity contribution in [2.75, 3.05) is 11.9 Å². The van der Waals surface area contributed by atoms with Gasteiger partial charge in [0.05, 0.1) is 11.5 Å². The zero-order valence-corrected chi connectivity index (χ0v) is 13.7. The third kappa shape index (κ3) is 3.10. The van der Waals surface area contributed by atoms with Crippen molar-refractivity contribution < 1.29 is 5.11 Å². The molecule has 6 nitrogen and oxygen atoms in total. The summed E-state index contributed by atoms with van der Waals surface area (Å²) in [6, 6.07) is 9.91. The predicted molar refractivity (Wildman–Crippen MR) is 88.6 cm³/mol. The first-order chi connectivity index (χ1) is 10.6. The number of aromatic nitrogens is 4. The highest BCUT2D eigenvalue weighted by atomic mass is 79.9. The summed E-state index contributed by atoms with van der Waals surface area (Å²) in [6.45, 7) is 0.405. The summed E-state index contributed by atoms with van der Waals surface area (Å²) >= 11 is 3.41. The van der Waals surface area contributed by atoms with Gasteiger partial charge in [-0.15, -0.1) is 0 Å². The quantitative estimate of drug-likeness (QED) is 0.727. The van der Waals surface area contributed by atoms with Gasteiger partial charge in [-0.3, -0.25) is 0 Å². The van der Waals surface area contributed by atoms with Gasteiger partial charge in [-0.05, 0) is 21.5 Å². The van der Waals surface area contributed by atoms with Gasteiger partial charge in [0.1, 0.15) is 16.7 Å². The van der Waals surface area contributed by atoms with Crippen molar-refractivity contribution in [1.29, 1.82) is 0 Å². The average molecular weight is 362 g/mol. The van der Waals surface area contributed by atoms with Crippen molar-refractivity contribution in [2.24, 2.45) is 7.05 Å². The van der Waals surface area contributed by atoms with Gasteiger partial charge in [0.25, 0.3) is 0 Å². The molecule has 2 heterocycles.